The number of aromatic nitrogens is 4. The highest BCUT2D eigenvalue weighted by atomic mass is 33.1. The fourth-order valence-corrected chi connectivity index (χ4v) is 13.4. The van der Waals surface area contributed by atoms with Gasteiger partial charge in [-0.05, 0) is 55.8 Å². The normalized spacial score (nSPS) is 16.9. The predicted octanol–water partition coefficient (Wildman–Crippen LogP) is 3.49. The lowest BCUT2D eigenvalue weighted by Crippen LogP contribution is -2.36. The molecule has 1 fully saturated rings. The summed E-state index contributed by atoms with van der Waals surface area (Å²) in [6.45, 7) is 5.15. The maximum atomic E-state index is 13.2. The molecule has 2 unspecified atom stereocenters. The standard InChI is InChI=1S/C47H59N9O23P2S4/c1-47(2,83-82-25-75-33-20-36(56-24-55-38-43(50)53-23-54-44(38)56)77-34(33)21-76-81(63,64)79-80(61)62)22-52-35(57)9-11-71-13-15-73-17-18-74-16-14-72-12-10-51-45(58)26-3-4-27(30(19-26)46(59)60)37-28-5-7-31(48)41(84(65,66)67)39(28)78-40-29(37)6-8-32(49)42(40)85(68,69)70/h3-8,19,23-24,33-34,36,48,80H,9-18,20-22,25,49H2,1-2H3,(H,51,58)(H,52,57)(H,59,60)(H,61,62)(H,63,64)(H2,50,53,54)(H,65,66,67)(H,68,69,70)/t33-,34-,36-/m1/s1. The lowest BCUT2D eigenvalue weighted by Gasteiger charge is -2.24. The number of anilines is 2. The highest BCUT2D eigenvalue weighted by Crippen LogP contribution is 2.52. The number of carbonyl (C=O) groups excluding carboxylic acids is 2. The number of carboxylic acid groups (broad SMARTS) is 1. The minimum absolute atomic E-state index is 0.00362. The molecule has 1 aliphatic carbocycles. The van der Waals surface area contributed by atoms with E-state index in [0.717, 1.165) is 18.2 Å². The van der Waals surface area contributed by atoms with Crippen LogP contribution in [0.2, 0.25) is 0 Å². The van der Waals surface area contributed by atoms with E-state index in [0.29, 0.717) is 17.7 Å². The molecule has 0 saturated carbocycles. The number of ether oxygens (including phenoxy) is 6. The zero-order valence-electron chi connectivity index (χ0n) is 44.9. The van der Waals surface area contributed by atoms with Crippen LogP contribution in [-0.2, 0) is 71.4 Å². The summed E-state index contributed by atoms with van der Waals surface area (Å²) in [6, 6.07) is 8.01. The highest BCUT2D eigenvalue weighted by molar-refractivity contribution is 8.77. The van der Waals surface area contributed by atoms with Gasteiger partial charge in [0, 0.05) is 52.8 Å². The van der Waals surface area contributed by atoms with Gasteiger partial charge in [-0.2, -0.15) is 16.8 Å². The van der Waals surface area contributed by atoms with Gasteiger partial charge in [0.15, 0.2) is 32.6 Å². The number of rotatable bonds is 33. The number of imidazole rings is 1. The summed E-state index contributed by atoms with van der Waals surface area (Å²) in [4.78, 5) is 67.6. The monoisotopic (exact) mass is 1310 g/mol. The van der Waals surface area contributed by atoms with Crippen LogP contribution in [0.3, 0.4) is 0 Å². The largest absolute Gasteiger partial charge is 0.479 e. The summed E-state index contributed by atoms with van der Waals surface area (Å²) < 4.78 is 143. The molecule has 4 heterocycles. The quantitative estimate of drug-likeness (QED) is 0.00536. The van der Waals surface area contributed by atoms with Crippen LogP contribution in [0.5, 0.6) is 0 Å². The highest BCUT2D eigenvalue weighted by Gasteiger charge is 2.40. The van der Waals surface area contributed by atoms with Gasteiger partial charge in [0.05, 0.1) is 88.5 Å². The third-order valence-corrected chi connectivity index (χ3v) is 19.0. The van der Waals surface area contributed by atoms with E-state index in [-0.39, 0.29) is 118 Å². The molecule has 38 heteroatoms. The van der Waals surface area contributed by atoms with Gasteiger partial charge in [0.25, 0.3) is 26.1 Å². The van der Waals surface area contributed by atoms with Crippen LogP contribution < -0.4 is 27.5 Å². The van der Waals surface area contributed by atoms with E-state index in [4.69, 9.17) is 59.1 Å². The van der Waals surface area contributed by atoms with Crippen molar-refractivity contribution < 1.29 is 106 Å². The number of amides is 2. The van der Waals surface area contributed by atoms with Crippen LogP contribution in [0.4, 0.5) is 11.5 Å². The van der Waals surface area contributed by atoms with E-state index in [1.807, 2.05) is 13.8 Å². The van der Waals surface area contributed by atoms with E-state index in [1.165, 1.54) is 58.5 Å². The third kappa shape index (κ3) is 17.9. The number of phosphoric acid groups is 1. The second-order valence-electron chi connectivity index (χ2n) is 18.8. The van der Waals surface area contributed by atoms with Gasteiger partial charge in [-0.3, -0.25) is 37.8 Å². The molecule has 0 bridgehead atoms. The number of hydrogen-bond donors (Lipinski definition) is 10. The number of carbonyl (C=O) groups is 3. The van der Waals surface area contributed by atoms with Crippen molar-refractivity contribution in [2.45, 2.75) is 59.7 Å². The molecule has 1 saturated heterocycles. The van der Waals surface area contributed by atoms with Crippen molar-refractivity contribution in [2.24, 2.45) is 0 Å². The average Bonchev–Trinajstić information content (AvgIpc) is 1.37. The minimum atomic E-state index is -5.22. The number of carboxylic acids is 1. The molecule has 2 aliphatic heterocycles. The molecule has 464 valence electrons. The Bertz CT molecular complexity index is 3750. The molecule has 85 heavy (non-hydrogen) atoms. The predicted molar refractivity (Wildman–Crippen MR) is 304 cm³/mol. The van der Waals surface area contributed by atoms with E-state index in [2.05, 4.69) is 29.9 Å². The van der Waals surface area contributed by atoms with Crippen LogP contribution in [0.25, 0.3) is 44.6 Å². The number of phosphoric ester groups is 1. The summed E-state index contributed by atoms with van der Waals surface area (Å²) in [6.07, 6.45) is 0.766. The first-order valence-electron chi connectivity index (χ1n) is 25.1. The van der Waals surface area contributed by atoms with Crippen molar-refractivity contribution in [3.63, 3.8) is 0 Å². The molecule has 0 spiro atoms. The molecular weight excluding hydrogens is 1250 g/mol. The summed E-state index contributed by atoms with van der Waals surface area (Å²) >= 11 is 0. The van der Waals surface area contributed by atoms with Crippen LogP contribution >= 0.6 is 37.7 Å². The van der Waals surface area contributed by atoms with Crippen molar-refractivity contribution >= 4 is 109 Å². The van der Waals surface area contributed by atoms with Gasteiger partial charge in [-0.25, -0.2) is 28.6 Å². The number of hydrogen-bond acceptors (Lipinski definition) is 26. The zero-order valence-corrected chi connectivity index (χ0v) is 50.1. The van der Waals surface area contributed by atoms with Crippen molar-refractivity contribution in [3.05, 3.63) is 71.6 Å². The van der Waals surface area contributed by atoms with Gasteiger partial charge in [-0.1, -0.05) is 27.7 Å². The van der Waals surface area contributed by atoms with Gasteiger partial charge in [0.2, 0.25) is 5.91 Å². The number of nitrogens with two attached hydrogens (primary N) is 2. The average molecular weight is 1310 g/mol. The number of fused-ring (bicyclic) bond motifs is 3. The molecule has 4 aromatic rings. The Labute approximate surface area is 492 Å². The number of nitrogens with one attached hydrogen (secondary N) is 3. The van der Waals surface area contributed by atoms with E-state index >= 15 is 0 Å². The summed E-state index contributed by atoms with van der Waals surface area (Å²) in [7, 11) is -16.3. The minimum Gasteiger partial charge on any atom is -0.478 e. The second-order valence-corrected chi connectivity index (χ2v) is 26.9. The first-order chi connectivity index (χ1) is 40.2. The van der Waals surface area contributed by atoms with Crippen molar-refractivity contribution in [1.82, 2.24) is 30.2 Å². The molecule has 3 aliphatic rings. The molecule has 2 amide bonds. The zero-order chi connectivity index (χ0) is 61.9. The molecular formula is C47H59N9O23P2S4. The summed E-state index contributed by atoms with van der Waals surface area (Å²) in [5, 5.41) is 23.1. The van der Waals surface area contributed by atoms with E-state index in [1.54, 1.807) is 4.57 Å². The fourth-order valence-electron chi connectivity index (χ4n) is 8.44. The van der Waals surface area contributed by atoms with Crippen LogP contribution in [0, 0.1) is 5.41 Å². The smallest absolute Gasteiger partial charge is 0.478 e. The Hall–Kier alpha value is -5.73. The molecule has 2 aromatic carbocycles. The van der Waals surface area contributed by atoms with Crippen molar-refractivity contribution in [1.29, 1.82) is 5.41 Å². The van der Waals surface area contributed by atoms with E-state index in [9.17, 15) is 59.5 Å². The lowest BCUT2D eigenvalue weighted by molar-refractivity contribution is -0.122. The number of benzene rings is 3. The van der Waals surface area contributed by atoms with Crippen LogP contribution in [0.15, 0.2) is 69.3 Å². The molecule has 5 atom stereocenters. The Morgan fingerprint density at radius 3 is 2.22 bits per heavy atom. The molecule has 12 N–H and O–H groups in total. The number of nitrogens with zero attached hydrogens (tertiary/aromatic N) is 4. The lowest BCUT2D eigenvalue weighted by atomic mass is 9.89. The van der Waals surface area contributed by atoms with E-state index < -0.39 is 116 Å². The van der Waals surface area contributed by atoms with Crippen LogP contribution in [0.1, 0.15) is 53.6 Å². The molecule has 2 aromatic heterocycles. The Morgan fingerprint density at radius 2 is 1.56 bits per heavy atom. The van der Waals surface area contributed by atoms with Gasteiger partial charge < -0.3 is 69.8 Å². The van der Waals surface area contributed by atoms with Crippen LogP contribution in [-0.4, -0.2) is 174 Å². The van der Waals surface area contributed by atoms with Crippen molar-refractivity contribution in [2.75, 3.05) is 90.0 Å². The van der Waals surface area contributed by atoms with Gasteiger partial charge in [0.1, 0.15) is 30.1 Å². The molecule has 32 nitrogen and oxygen atoms in total. The summed E-state index contributed by atoms with van der Waals surface area (Å²) in [5.74, 6) is -2.93. The Balaban J connectivity index is 0.755. The molecule has 7 rings (SSSR count). The first kappa shape index (κ1) is 66.8. The molecule has 0 radical (unpaired) electrons. The SMILES string of the molecule is CC(C)(CNC(=O)CCOCCOCCOCCOCCNC(=O)c1ccc(-c2c3ccc(=N)c(S(=O)(=O)O)c-3oc3c(S(=O)(=O)O)c(N)ccc23)c(C(=O)O)c1)SSCO[C@@H]1C[C@H](n2cnc3c(N)ncnc32)O[C@@H]1COP(=O)(O)O[PH](=O)O. The second kappa shape index (κ2) is 29.3. The van der Waals surface area contributed by atoms with Gasteiger partial charge >= 0.3 is 22.0 Å². The maximum Gasteiger partial charge on any atom is 0.479 e. The fraction of sp³-hybridized carbons (Fsp3) is 0.426. The third-order valence-electron chi connectivity index (χ3n) is 12.2. The summed E-state index contributed by atoms with van der Waals surface area (Å²) in [5.41, 5.74) is 10.2. The Kier molecular flexibility index (Phi) is 23.0. The van der Waals surface area contributed by atoms with Gasteiger partial charge in [-0.15, -0.1) is 0 Å². The number of nitrogen functional groups attached to an aromatic ring is 2. The topological polar surface area (TPSA) is 485 Å². The Morgan fingerprint density at radius 1 is 0.906 bits per heavy atom. The number of aromatic carboxylic acids is 1. The maximum absolute atomic E-state index is 13.2. The van der Waals surface area contributed by atoms with Crippen molar-refractivity contribution in [3.8, 4) is 22.5 Å². The first-order valence-corrected chi connectivity index (χ1v) is 33.1.